The number of benzene rings is 1. The van der Waals surface area contributed by atoms with E-state index in [0.717, 1.165) is 32.0 Å². The van der Waals surface area contributed by atoms with Gasteiger partial charge in [-0.15, -0.1) is 10.2 Å². The maximum absolute atomic E-state index is 4.11. The number of rotatable bonds is 8. The van der Waals surface area contributed by atoms with Gasteiger partial charge in [-0.25, -0.2) is 0 Å². The summed E-state index contributed by atoms with van der Waals surface area (Å²) >= 11 is 0. The smallest absolute Gasteiger partial charge is 0.146 e. The monoisotopic (exact) mass is 287 g/mol. The summed E-state index contributed by atoms with van der Waals surface area (Å²) in [5, 5.41) is 11.5. The maximum Gasteiger partial charge on any atom is 0.146 e. The zero-order valence-electron chi connectivity index (χ0n) is 13.2. The Balaban J connectivity index is 2.01. The minimum Gasteiger partial charge on any atom is -0.320 e. The van der Waals surface area contributed by atoms with Crippen LogP contribution in [-0.2, 0) is 13.6 Å². The molecule has 0 fully saturated rings. The van der Waals surface area contributed by atoms with Crippen molar-refractivity contribution in [2.75, 3.05) is 19.6 Å². The van der Waals surface area contributed by atoms with Crippen LogP contribution in [0.5, 0.6) is 0 Å². The first-order valence-electron chi connectivity index (χ1n) is 7.58. The summed E-state index contributed by atoms with van der Waals surface area (Å²) in [6.45, 7) is 8.15. The summed E-state index contributed by atoms with van der Waals surface area (Å²) in [7, 11) is 1.97. The number of hydrogen-bond donors (Lipinski definition) is 1. The van der Waals surface area contributed by atoms with Gasteiger partial charge in [-0.2, -0.15) is 0 Å². The van der Waals surface area contributed by atoms with Crippen molar-refractivity contribution < 1.29 is 0 Å². The lowest BCUT2D eigenvalue weighted by atomic mass is 10.1. The van der Waals surface area contributed by atoms with Crippen molar-refractivity contribution in [3.63, 3.8) is 0 Å². The third-order valence-electron chi connectivity index (χ3n) is 3.86. The second-order valence-electron chi connectivity index (χ2n) is 5.14. The molecule has 1 aromatic carbocycles. The van der Waals surface area contributed by atoms with Crippen LogP contribution in [0.2, 0.25) is 0 Å². The van der Waals surface area contributed by atoms with Crippen LogP contribution in [0.4, 0.5) is 0 Å². The van der Waals surface area contributed by atoms with Gasteiger partial charge in [0.1, 0.15) is 12.2 Å². The number of nitrogens with zero attached hydrogens (tertiary/aromatic N) is 4. The molecular formula is C16H25N5. The molecule has 2 rings (SSSR count). The Morgan fingerprint density at radius 2 is 1.90 bits per heavy atom. The zero-order valence-corrected chi connectivity index (χ0v) is 13.2. The largest absolute Gasteiger partial charge is 0.320 e. The van der Waals surface area contributed by atoms with Crippen molar-refractivity contribution in [3.8, 4) is 0 Å². The van der Waals surface area contributed by atoms with Crippen molar-refractivity contribution >= 4 is 0 Å². The average molecular weight is 287 g/mol. The Hall–Kier alpha value is -1.72. The molecule has 1 heterocycles. The molecule has 5 heteroatoms. The van der Waals surface area contributed by atoms with Crippen LogP contribution in [-0.4, -0.2) is 39.3 Å². The predicted molar refractivity (Wildman–Crippen MR) is 84.8 cm³/mol. The van der Waals surface area contributed by atoms with Gasteiger partial charge in [0.25, 0.3) is 0 Å². The summed E-state index contributed by atoms with van der Waals surface area (Å²) < 4.78 is 1.95. The molecule has 0 saturated carbocycles. The highest BCUT2D eigenvalue weighted by Crippen LogP contribution is 2.19. The molecule has 1 aromatic heterocycles. The van der Waals surface area contributed by atoms with Crippen molar-refractivity contribution in [3.05, 3.63) is 48.0 Å². The minimum absolute atomic E-state index is 0.384. The van der Waals surface area contributed by atoms with Crippen molar-refractivity contribution in [1.29, 1.82) is 0 Å². The molecule has 0 aliphatic heterocycles. The Morgan fingerprint density at radius 3 is 2.48 bits per heavy atom. The van der Waals surface area contributed by atoms with Crippen LogP contribution in [0.15, 0.2) is 36.7 Å². The van der Waals surface area contributed by atoms with Crippen LogP contribution in [0.1, 0.15) is 31.3 Å². The van der Waals surface area contributed by atoms with Gasteiger partial charge < -0.3 is 9.88 Å². The summed E-state index contributed by atoms with van der Waals surface area (Å²) in [5.74, 6) is 0.960. The molecule has 0 spiro atoms. The molecule has 1 N–H and O–H groups in total. The molecule has 114 valence electrons. The fourth-order valence-electron chi connectivity index (χ4n) is 2.59. The highest BCUT2D eigenvalue weighted by molar-refractivity contribution is 5.19. The summed E-state index contributed by atoms with van der Waals surface area (Å²) in [5.41, 5.74) is 1.35. The van der Waals surface area contributed by atoms with Crippen molar-refractivity contribution in [2.45, 2.75) is 26.4 Å². The van der Waals surface area contributed by atoms with E-state index in [0.29, 0.717) is 6.04 Å². The number of aryl methyl sites for hydroxylation is 1. The van der Waals surface area contributed by atoms with E-state index in [1.165, 1.54) is 5.56 Å². The van der Waals surface area contributed by atoms with Crippen LogP contribution in [0, 0.1) is 0 Å². The first-order valence-corrected chi connectivity index (χ1v) is 7.58. The van der Waals surface area contributed by atoms with Crippen LogP contribution in [0.25, 0.3) is 0 Å². The Kier molecular flexibility index (Phi) is 5.90. The number of nitrogens with one attached hydrogen (secondary N) is 1. The van der Waals surface area contributed by atoms with Crippen LogP contribution in [0.3, 0.4) is 0 Å². The lowest BCUT2D eigenvalue weighted by molar-refractivity contribution is 0.212. The molecule has 1 unspecified atom stereocenters. The van der Waals surface area contributed by atoms with Gasteiger partial charge in [0.05, 0.1) is 6.54 Å². The van der Waals surface area contributed by atoms with E-state index in [-0.39, 0.29) is 0 Å². The zero-order chi connectivity index (χ0) is 15.1. The normalized spacial score (nSPS) is 12.8. The fraction of sp³-hybridized carbons (Fsp3) is 0.500. The first-order chi connectivity index (χ1) is 10.3. The van der Waals surface area contributed by atoms with Gasteiger partial charge in [0, 0.05) is 19.6 Å². The van der Waals surface area contributed by atoms with E-state index >= 15 is 0 Å². The van der Waals surface area contributed by atoms with Crippen molar-refractivity contribution in [2.24, 2.45) is 7.05 Å². The third-order valence-corrected chi connectivity index (χ3v) is 3.86. The third kappa shape index (κ3) is 4.12. The lowest BCUT2D eigenvalue weighted by Gasteiger charge is -2.30. The van der Waals surface area contributed by atoms with E-state index < -0.39 is 0 Å². The van der Waals surface area contributed by atoms with E-state index in [1.54, 1.807) is 6.33 Å². The second-order valence-corrected chi connectivity index (χ2v) is 5.14. The maximum atomic E-state index is 4.11. The molecule has 0 radical (unpaired) electrons. The van der Waals surface area contributed by atoms with E-state index in [4.69, 9.17) is 0 Å². The molecule has 5 nitrogen and oxygen atoms in total. The Bertz CT molecular complexity index is 518. The Labute approximate surface area is 127 Å². The summed E-state index contributed by atoms with van der Waals surface area (Å²) in [6, 6.07) is 11.1. The quantitative estimate of drug-likeness (QED) is 0.806. The van der Waals surface area contributed by atoms with Gasteiger partial charge in [-0.3, -0.25) is 4.90 Å². The molecule has 2 aromatic rings. The van der Waals surface area contributed by atoms with Crippen LogP contribution < -0.4 is 5.32 Å². The molecule has 0 aliphatic carbocycles. The predicted octanol–water partition coefficient (Wildman–Crippen LogP) is 1.99. The number of likely N-dealkylation sites (N-methyl/N-ethyl adjacent to an activating group) is 1. The van der Waals surface area contributed by atoms with Gasteiger partial charge in [0.15, 0.2) is 0 Å². The number of aromatic nitrogens is 3. The molecule has 1 atom stereocenters. The lowest BCUT2D eigenvalue weighted by Crippen LogP contribution is -2.36. The SMILES string of the molecule is CCN(CC)C(CNCc1nncn1C)c1ccccc1. The van der Waals surface area contributed by atoms with Gasteiger partial charge in [-0.05, 0) is 18.7 Å². The summed E-state index contributed by atoms with van der Waals surface area (Å²) in [4.78, 5) is 2.47. The summed E-state index contributed by atoms with van der Waals surface area (Å²) in [6.07, 6.45) is 1.73. The van der Waals surface area contributed by atoms with Gasteiger partial charge >= 0.3 is 0 Å². The first kappa shape index (κ1) is 15.7. The van der Waals surface area contributed by atoms with E-state index in [1.807, 2.05) is 11.6 Å². The number of hydrogen-bond acceptors (Lipinski definition) is 4. The highest BCUT2D eigenvalue weighted by atomic mass is 15.3. The van der Waals surface area contributed by atoms with Crippen LogP contribution >= 0.6 is 0 Å². The fourth-order valence-corrected chi connectivity index (χ4v) is 2.59. The highest BCUT2D eigenvalue weighted by Gasteiger charge is 2.17. The van der Waals surface area contributed by atoms with Gasteiger partial charge in [-0.1, -0.05) is 44.2 Å². The van der Waals surface area contributed by atoms with E-state index in [2.05, 4.69) is 64.6 Å². The molecule has 0 aliphatic rings. The molecular weight excluding hydrogens is 262 g/mol. The van der Waals surface area contributed by atoms with E-state index in [9.17, 15) is 0 Å². The standard InChI is InChI=1S/C16H25N5/c1-4-21(5-2)15(14-9-7-6-8-10-14)11-17-12-16-19-18-13-20(16)3/h6-10,13,15,17H,4-5,11-12H2,1-3H3. The average Bonchev–Trinajstić information content (AvgIpc) is 2.93. The molecule has 0 saturated heterocycles. The molecule has 0 amide bonds. The molecule has 21 heavy (non-hydrogen) atoms. The minimum atomic E-state index is 0.384. The Morgan fingerprint density at radius 1 is 1.19 bits per heavy atom. The van der Waals surface area contributed by atoms with Crippen molar-refractivity contribution in [1.82, 2.24) is 25.0 Å². The molecule has 0 bridgehead atoms. The topological polar surface area (TPSA) is 46.0 Å². The van der Waals surface area contributed by atoms with Gasteiger partial charge in [0.2, 0.25) is 0 Å². The second kappa shape index (κ2) is 7.90.